The van der Waals surface area contributed by atoms with Crippen molar-refractivity contribution in [3.63, 3.8) is 0 Å². The summed E-state index contributed by atoms with van der Waals surface area (Å²) in [4.78, 5) is 2.57. The molecule has 0 radical (unpaired) electrons. The van der Waals surface area contributed by atoms with Crippen LogP contribution in [0.3, 0.4) is 0 Å². The van der Waals surface area contributed by atoms with Crippen LogP contribution in [-0.2, 0) is 6.54 Å². The molecule has 1 aliphatic heterocycles. The van der Waals surface area contributed by atoms with E-state index in [9.17, 15) is 0 Å². The van der Waals surface area contributed by atoms with Crippen LogP contribution in [0.1, 0.15) is 57.6 Å². The summed E-state index contributed by atoms with van der Waals surface area (Å²) in [6.45, 7) is 6.65. The van der Waals surface area contributed by atoms with Gasteiger partial charge in [-0.15, -0.1) is 5.10 Å². The molecule has 0 atom stereocenters. The van der Waals surface area contributed by atoms with E-state index >= 15 is 0 Å². The molecule has 0 unspecified atom stereocenters. The van der Waals surface area contributed by atoms with E-state index in [4.69, 9.17) is 0 Å². The Kier molecular flexibility index (Phi) is 4.56. The van der Waals surface area contributed by atoms with Crippen LogP contribution in [-0.4, -0.2) is 34.1 Å². The third-order valence-corrected chi connectivity index (χ3v) is 5.77. The van der Waals surface area contributed by atoms with E-state index < -0.39 is 0 Å². The second kappa shape index (κ2) is 6.39. The molecule has 1 saturated heterocycles. The predicted molar refractivity (Wildman–Crippen MR) is 84.1 cm³/mol. The van der Waals surface area contributed by atoms with Gasteiger partial charge in [0.15, 0.2) is 0 Å². The van der Waals surface area contributed by atoms with E-state index in [1.165, 1.54) is 68.1 Å². The summed E-state index contributed by atoms with van der Waals surface area (Å²) >= 11 is 1.50. The first-order valence-electron chi connectivity index (χ1n) is 8.09. The fourth-order valence-electron chi connectivity index (χ4n) is 3.71. The van der Waals surface area contributed by atoms with Gasteiger partial charge in [-0.25, -0.2) is 0 Å². The lowest BCUT2D eigenvalue weighted by Crippen LogP contribution is -2.38. The standard InChI is InChI=1S/C15H26N4S/c1-2-9-16-14-13(17-18-20-14)12-19-10-7-15(8-11-19)5-3-4-6-15/h16H,2-12H2,1H3. The van der Waals surface area contributed by atoms with Gasteiger partial charge in [0, 0.05) is 24.6 Å². The Morgan fingerprint density at radius 2 is 1.95 bits per heavy atom. The SMILES string of the molecule is CCCNc1snnc1CN1CCC2(CCCC2)CC1. The van der Waals surface area contributed by atoms with Gasteiger partial charge in [0.1, 0.15) is 10.7 Å². The van der Waals surface area contributed by atoms with Crippen LogP contribution < -0.4 is 5.32 Å². The first kappa shape index (κ1) is 14.3. The van der Waals surface area contributed by atoms with Crippen LogP contribution in [0.5, 0.6) is 0 Å². The molecule has 112 valence electrons. The van der Waals surface area contributed by atoms with Crippen LogP contribution in [0.2, 0.25) is 0 Å². The molecule has 1 aliphatic carbocycles. The quantitative estimate of drug-likeness (QED) is 0.902. The minimum absolute atomic E-state index is 0.708. The summed E-state index contributed by atoms with van der Waals surface area (Å²) in [6, 6.07) is 0. The smallest absolute Gasteiger partial charge is 0.134 e. The first-order chi connectivity index (χ1) is 9.81. The molecule has 1 aromatic rings. The van der Waals surface area contributed by atoms with E-state index in [1.54, 1.807) is 0 Å². The van der Waals surface area contributed by atoms with Crippen LogP contribution in [0.25, 0.3) is 0 Å². The number of nitrogens with one attached hydrogen (secondary N) is 1. The Hall–Kier alpha value is -0.680. The van der Waals surface area contributed by atoms with E-state index in [1.807, 2.05) is 0 Å². The van der Waals surface area contributed by atoms with Crippen molar-refractivity contribution >= 4 is 16.5 Å². The number of nitrogens with zero attached hydrogens (tertiary/aromatic N) is 3. The van der Waals surface area contributed by atoms with Gasteiger partial charge in [0.2, 0.25) is 0 Å². The maximum Gasteiger partial charge on any atom is 0.134 e. The molecule has 0 aromatic carbocycles. The van der Waals surface area contributed by atoms with Crippen LogP contribution >= 0.6 is 11.5 Å². The molecule has 1 spiro atoms. The number of anilines is 1. The monoisotopic (exact) mass is 294 g/mol. The Morgan fingerprint density at radius 1 is 1.20 bits per heavy atom. The predicted octanol–water partition coefficient (Wildman–Crippen LogP) is 3.52. The highest BCUT2D eigenvalue weighted by Crippen LogP contribution is 2.46. The van der Waals surface area contributed by atoms with Crippen molar-refractivity contribution in [2.45, 2.75) is 58.4 Å². The van der Waals surface area contributed by atoms with Crippen molar-refractivity contribution in [1.29, 1.82) is 0 Å². The third-order valence-electron chi connectivity index (χ3n) is 5.05. The van der Waals surface area contributed by atoms with Gasteiger partial charge in [-0.1, -0.05) is 24.3 Å². The van der Waals surface area contributed by atoms with Crippen molar-refractivity contribution < 1.29 is 0 Å². The molecule has 1 saturated carbocycles. The highest BCUT2D eigenvalue weighted by Gasteiger charge is 2.36. The van der Waals surface area contributed by atoms with E-state index in [0.717, 1.165) is 25.2 Å². The molecule has 5 heteroatoms. The fourth-order valence-corrected chi connectivity index (χ4v) is 4.31. The first-order valence-corrected chi connectivity index (χ1v) is 8.86. The Morgan fingerprint density at radius 3 is 2.65 bits per heavy atom. The Labute approximate surface area is 126 Å². The summed E-state index contributed by atoms with van der Waals surface area (Å²) in [7, 11) is 0. The normalized spacial score (nSPS) is 22.4. The third kappa shape index (κ3) is 3.14. The van der Waals surface area contributed by atoms with Gasteiger partial charge in [-0.05, 0) is 50.6 Å². The molecular formula is C15H26N4S. The second-order valence-electron chi connectivity index (χ2n) is 6.46. The largest absolute Gasteiger partial charge is 0.374 e. The van der Waals surface area contributed by atoms with Gasteiger partial charge in [0.25, 0.3) is 0 Å². The number of rotatable bonds is 5. The van der Waals surface area contributed by atoms with Crippen molar-refractivity contribution in [3.8, 4) is 0 Å². The number of hydrogen-bond acceptors (Lipinski definition) is 5. The second-order valence-corrected chi connectivity index (χ2v) is 7.21. The van der Waals surface area contributed by atoms with Gasteiger partial charge < -0.3 is 5.32 Å². The molecule has 2 heterocycles. The molecule has 1 N–H and O–H groups in total. The van der Waals surface area contributed by atoms with Crippen molar-refractivity contribution in [2.75, 3.05) is 25.0 Å². The highest BCUT2D eigenvalue weighted by atomic mass is 32.1. The fraction of sp³-hybridized carbons (Fsp3) is 0.867. The molecule has 2 aliphatic rings. The van der Waals surface area contributed by atoms with Gasteiger partial charge >= 0.3 is 0 Å². The number of aromatic nitrogens is 2. The number of hydrogen-bond donors (Lipinski definition) is 1. The molecule has 4 nitrogen and oxygen atoms in total. The van der Waals surface area contributed by atoms with Crippen LogP contribution in [0.15, 0.2) is 0 Å². The van der Waals surface area contributed by atoms with Crippen LogP contribution in [0.4, 0.5) is 5.00 Å². The maximum absolute atomic E-state index is 4.32. The Bertz CT molecular complexity index is 415. The number of likely N-dealkylation sites (tertiary alicyclic amines) is 1. The molecular weight excluding hydrogens is 268 g/mol. The topological polar surface area (TPSA) is 41.1 Å². The average molecular weight is 294 g/mol. The maximum atomic E-state index is 4.32. The lowest BCUT2D eigenvalue weighted by atomic mass is 9.77. The molecule has 1 aromatic heterocycles. The zero-order valence-corrected chi connectivity index (χ0v) is 13.3. The van der Waals surface area contributed by atoms with Gasteiger partial charge in [-0.2, -0.15) is 0 Å². The Balaban J connectivity index is 1.53. The highest BCUT2D eigenvalue weighted by molar-refractivity contribution is 7.10. The zero-order chi connectivity index (χ0) is 13.8. The average Bonchev–Trinajstić information content (AvgIpc) is 3.09. The molecule has 20 heavy (non-hydrogen) atoms. The molecule has 3 rings (SSSR count). The van der Waals surface area contributed by atoms with Crippen molar-refractivity contribution in [2.24, 2.45) is 5.41 Å². The van der Waals surface area contributed by atoms with Gasteiger partial charge in [0.05, 0.1) is 0 Å². The number of piperidine rings is 1. The van der Waals surface area contributed by atoms with E-state index in [0.29, 0.717) is 5.41 Å². The zero-order valence-electron chi connectivity index (χ0n) is 12.5. The van der Waals surface area contributed by atoms with Crippen LogP contribution in [0, 0.1) is 5.41 Å². The molecule has 2 fully saturated rings. The lowest BCUT2D eigenvalue weighted by Gasteiger charge is -2.39. The summed E-state index contributed by atoms with van der Waals surface area (Å²) in [5.41, 5.74) is 1.85. The molecule has 0 amide bonds. The summed E-state index contributed by atoms with van der Waals surface area (Å²) in [5.74, 6) is 0. The minimum atomic E-state index is 0.708. The molecule has 0 bridgehead atoms. The summed E-state index contributed by atoms with van der Waals surface area (Å²) in [6.07, 6.45) is 9.79. The summed E-state index contributed by atoms with van der Waals surface area (Å²) in [5, 5.41) is 8.94. The summed E-state index contributed by atoms with van der Waals surface area (Å²) < 4.78 is 4.11. The van der Waals surface area contributed by atoms with E-state index in [-0.39, 0.29) is 0 Å². The van der Waals surface area contributed by atoms with Crippen molar-refractivity contribution in [3.05, 3.63) is 5.69 Å². The van der Waals surface area contributed by atoms with Gasteiger partial charge in [-0.3, -0.25) is 4.90 Å². The lowest BCUT2D eigenvalue weighted by molar-refractivity contribution is 0.103. The van der Waals surface area contributed by atoms with Crippen molar-refractivity contribution in [1.82, 2.24) is 14.5 Å². The minimum Gasteiger partial charge on any atom is -0.374 e. The van der Waals surface area contributed by atoms with E-state index in [2.05, 4.69) is 26.7 Å².